The van der Waals surface area contributed by atoms with Crippen molar-refractivity contribution in [2.45, 2.75) is 39.5 Å². The van der Waals surface area contributed by atoms with Crippen LogP contribution in [-0.2, 0) is 27.4 Å². The van der Waals surface area contributed by atoms with Crippen molar-refractivity contribution in [3.63, 3.8) is 0 Å². The summed E-state index contributed by atoms with van der Waals surface area (Å²) in [6.45, 7) is 6.80. The predicted molar refractivity (Wildman–Crippen MR) is 91.6 cm³/mol. The molecule has 1 heterocycles. The van der Waals surface area contributed by atoms with Crippen LogP contribution in [0.4, 0.5) is 10.5 Å². The van der Waals surface area contributed by atoms with E-state index in [1.807, 2.05) is 39.0 Å². The Morgan fingerprint density at radius 1 is 1.29 bits per heavy atom. The van der Waals surface area contributed by atoms with Crippen LogP contribution < -0.4 is 5.32 Å². The molecule has 0 fully saturated rings. The minimum atomic E-state index is -0.533. The molecule has 0 aromatic heterocycles. The quantitative estimate of drug-likeness (QED) is 0.861. The summed E-state index contributed by atoms with van der Waals surface area (Å²) >= 11 is 0. The highest BCUT2D eigenvalue weighted by atomic mass is 16.6. The highest BCUT2D eigenvalue weighted by molar-refractivity contribution is 6.00. The van der Waals surface area contributed by atoms with Gasteiger partial charge in [-0.05, 0) is 32.4 Å². The normalized spacial score (nSPS) is 13.9. The van der Waals surface area contributed by atoms with Gasteiger partial charge < -0.3 is 14.8 Å². The van der Waals surface area contributed by atoms with E-state index in [0.717, 1.165) is 11.1 Å². The number of nitrogens with zero attached hydrogens (tertiary/aromatic N) is 1. The number of benzene rings is 1. The number of rotatable bonds is 4. The highest BCUT2D eigenvalue weighted by Crippen LogP contribution is 2.30. The van der Waals surface area contributed by atoms with E-state index in [1.54, 1.807) is 18.1 Å². The minimum Gasteiger partial charge on any atom is -0.444 e. The molecule has 1 N–H and O–H groups in total. The van der Waals surface area contributed by atoms with Gasteiger partial charge in [0.2, 0.25) is 5.91 Å². The van der Waals surface area contributed by atoms with Crippen molar-refractivity contribution in [3.8, 4) is 0 Å². The Kier molecular flexibility index (Phi) is 5.62. The number of ether oxygens (including phenoxy) is 2. The van der Waals surface area contributed by atoms with Crippen molar-refractivity contribution in [3.05, 3.63) is 41.5 Å². The Labute approximate surface area is 142 Å². The number of hydrogen-bond donors (Lipinski definition) is 1. The first-order chi connectivity index (χ1) is 11.3. The van der Waals surface area contributed by atoms with Crippen LogP contribution in [0.3, 0.4) is 0 Å². The number of fused-ring (bicyclic) bond motifs is 1. The van der Waals surface area contributed by atoms with Gasteiger partial charge in [0.1, 0.15) is 5.60 Å². The van der Waals surface area contributed by atoms with Gasteiger partial charge in [-0.3, -0.25) is 9.69 Å². The van der Waals surface area contributed by atoms with Crippen molar-refractivity contribution in [1.29, 1.82) is 0 Å². The summed E-state index contributed by atoms with van der Waals surface area (Å²) in [5.74, 6) is -0.226. The molecule has 2 amide bonds. The summed E-state index contributed by atoms with van der Waals surface area (Å²) in [6.07, 6.45) is 2.73. The van der Waals surface area contributed by atoms with Crippen LogP contribution in [0.2, 0.25) is 0 Å². The second-order valence-electron chi connectivity index (χ2n) is 6.63. The molecule has 6 heteroatoms. The maximum atomic E-state index is 12.2. The monoisotopic (exact) mass is 332 g/mol. The summed E-state index contributed by atoms with van der Waals surface area (Å²) in [7, 11) is 1.57. The second-order valence-corrected chi connectivity index (χ2v) is 6.63. The van der Waals surface area contributed by atoms with Crippen LogP contribution in [0.5, 0.6) is 0 Å². The molecule has 0 aliphatic carbocycles. The summed E-state index contributed by atoms with van der Waals surface area (Å²) < 4.78 is 10.3. The lowest BCUT2D eigenvalue weighted by Crippen LogP contribution is -2.33. The van der Waals surface area contributed by atoms with E-state index < -0.39 is 5.60 Å². The average Bonchev–Trinajstić information content (AvgIpc) is 2.91. The summed E-state index contributed by atoms with van der Waals surface area (Å²) in [6, 6.07) is 5.65. The van der Waals surface area contributed by atoms with Crippen LogP contribution in [-0.4, -0.2) is 36.2 Å². The Hall–Kier alpha value is -2.34. The van der Waals surface area contributed by atoms with Gasteiger partial charge in [-0.2, -0.15) is 0 Å². The third-order valence-corrected chi connectivity index (χ3v) is 3.42. The molecule has 2 rings (SSSR count). The molecule has 0 radical (unpaired) electrons. The Balaban J connectivity index is 2.07. The van der Waals surface area contributed by atoms with Crippen LogP contribution in [0.15, 0.2) is 30.4 Å². The Morgan fingerprint density at radius 3 is 2.71 bits per heavy atom. The van der Waals surface area contributed by atoms with Crippen molar-refractivity contribution in [2.75, 3.05) is 19.0 Å². The largest absolute Gasteiger partial charge is 0.444 e. The number of nitrogens with one attached hydrogen (secondary N) is 1. The lowest BCUT2D eigenvalue weighted by atomic mass is 10.1. The van der Waals surface area contributed by atoms with Gasteiger partial charge in [0, 0.05) is 31.0 Å². The number of amides is 2. The fraction of sp³-hybridized carbons (Fsp3) is 0.444. The lowest BCUT2D eigenvalue weighted by molar-refractivity contribution is -0.111. The molecule has 0 unspecified atom stereocenters. The number of carbonyl (C=O) groups excluding carboxylic acids is 2. The molecule has 6 nitrogen and oxygen atoms in total. The average molecular weight is 332 g/mol. The maximum Gasteiger partial charge on any atom is 0.410 e. The molecule has 24 heavy (non-hydrogen) atoms. The highest BCUT2D eigenvalue weighted by Gasteiger charge is 2.29. The first kappa shape index (κ1) is 18.0. The molecule has 1 aliphatic heterocycles. The second kappa shape index (κ2) is 7.49. The third-order valence-electron chi connectivity index (χ3n) is 3.42. The zero-order chi connectivity index (χ0) is 17.7. The van der Waals surface area contributed by atoms with Crippen LogP contribution in [0, 0.1) is 0 Å². The van der Waals surface area contributed by atoms with E-state index in [2.05, 4.69) is 5.32 Å². The fourth-order valence-electron chi connectivity index (χ4n) is 2.42. The molecule has 0 spiro atoms. The van der Waals surface area contributed by atoms with Gasteiger partial charge in [-0.25, -0.2) is 4.79 Å². The van der Waals surface area contributed by atoms with Gasteiger partial charge in [-0.15, -0.1) is 0 Å². The van der Waals surface area contributed by atoms with E-state index in [1.165, 1.54) is 6.08 Å². The standard InChI is InChI=1S/C18H24N2O4/c1-18(2,3)24-17(22)20-11-13-7-5-8-15(14(13)12-20)19-16(21)9-6-10-23-4/h5-9H,10-12H2,1-4H3,(H,19,21)/b9-6+. The van der Waals surface area contributed by atoms with Crippen LogP contribution >= 0.6 is 0 Å². The van der Waals surface area contributed by atoms with Crippen molar-refractivity contribution < 1.29 is 19.1 Å². The zero-order valence-corrected chi connectivity index (χ0v) is 14.6. The van der Waals surface area contributed by atoms with Gasteiger partial charge in [0.25, 0.3) is 0 Å². The van der Waals surface area contributed by atoms with Gasteiger partial charge >= 0.3 is 6.09 Å². The first-order valence-corrected chi connectivity index (χ1v) is 7.85. The molecule has 1 aliphatic rings. The fourth-order valence-corrected chi connectivity index (χ4v) is 2.42. The van der Waals surface area contributed by atoms with Gasteiger partial charge in [0.15, 0.2) is 0 Å². The van der Waals surface area contributed by atoms with Crippen molar-refractivity contribution in [2.24, 2.45) is 0 Å². The van der Waals surface area contributed by atoms with E-state index in [-0.39, 0.29) is 12.0 Å². The number of methoxy groups -OCH3 is 1. The number of anilines is 1. The van der Waals surface area contributed by atoms with Gasteiger partial charge in [0.05, 0.1) is 13.2 Å². The lowest BCUT2D eigenvalue weighted by Gasteiger charge is -2.24. The Bertz CT molecular complexity index is 647. The van der Waals surface area contributed by atoms with E-state index in [9.17, 15) is 9.59 Å². The summed E-state index contributed by atoms with van der Waals surface area (Å²) in [5, 5.41) is 2.85. The molecule has 0 atom stereocenters. The minimum absolute atomic E-state index is 0.226. The number of carbonyl (C=O) groups is 2. The molecule has 0 saturated carbocycles. The van der Waals surface area contributed by atoms with Crippen LogP contribution in [0.25, 0.3) is 0 Å². The van der Waals surface area contributed by atoms with E-state index in [4.69, 9.17) is 9.47 Å². The topological polar surface area (TPSA) is 67.9 Å². The third kappa shape index (κ3) is 4.83. The first-order valence-electron chi connectivity index (χ1n) is 7.85. The van der Waals surface area contributed by atoms with Crippen molar-refractivity contribution >= 4 is 17.7 Å². The van der Waals surface area contributed by atoms with Gasteiger partial charge in [-0.1, -0.05) is 18.2 Å². The molecule has 0 saturated heterocycles. The molecular weight excluding hydrogens is 308 g/mol. The SMILES string of the molecule is COC/C=C/C(=O)Nc1cccc2c1CN(C(=O)OC(C)(C)C)C2. The van der Waals surface area contributed by atoms with Crippen molar-refractivity contribution in [1.82, 2.24) is 4.90 Å². The molecule has 0 bridgehead atoms. The summed E-state index contributed by atoms with van der Waals surface area (Å²) in [5.41, 5.74) is 2.14. The molecule has 1 aromatic carbocycles. The van der Waals surface area contributed by atoms with E-state index >= 15 is 0 Å². The summed E-state index contributed by atoms with van der Waals surface area (Å²) in [4.78, 5) is 25.8. The smallest absolute Gasteiger partial charge is 0.410 e. The molecule has 130 valence electrons. The van der Waals surface area contributed by atoms with Crippen LogP contribution in [0.1, 0.15) is 31.9 Å². The van der Waals surface area contributed by atoms with E-state index in [0.29, 0.717) is 25.4 Å². The predicted octanol–water partition coefficient (Wildman–Crippen LogP) is 3.08. The zero-order valence-electron chi connectivity index (χ0n) is 14.6. The molecule has 1 aromatic rings. The Morgan fingerprint density at radius 2 is 2.04 bits per heavy atom. The molecular formula is C18H24N2O4. The number of hydrogen-bond acceptors (Lipinski definition) is 4. The maximum absolute atomic E-state index is 12.2.